The molecule has 0 aliphatic rings. The molecule has 126 valence electrons. The number of nitrogens with zero attached hydrogens (tertiary/aromatic N) is 1. The normalized spacial score (nSPS) is 11.2. The summed E-state index contributed by atoms with van der Waals surface area (Å²) >= 11 is 7.27. The van der Waals surface area contributed by atoms with Crippen LogP contribution in [0, 0.1) is 0 Å². The molecule has 0 aliphatic carbocycles. The first-order valence-corrected chi connectivity index (χ1v) is 8.89. The lowest BCUT2D eigenvalue weighted by Gasteiger charge is -2.05. The number of benzene rings is 2. The first-order valence-electron chi connectivity index (χ1n) is 7.53. The van der Waals surface area contributed by atoms with Crippen LogP contribution in [0.4, 0.5) is 0 Å². The van der Waals surface area contributed by atoms with Crippen LogP contribution in [0.3, 0.4) is 0 Å². The zero-order valence-corrected chi connectivity index (χ0v) is 15.2. The van der Waals surface area contributed by atoms with Crippen molar-refractivity contribution in [1.29, 1.82) is 0 Å². The largest absolute Gasteiger partial charge is 0.494 e. The minimum atomic E-state index is -0.153. The molecule has 0 unspecified atom stereocenters. The average molecular weight is 363 g/mol. The lowest BCUT2D eigenvalue weighted by atomic mass is 10.1. The van der Waals surface area contributed by atoms with Crippen LogP contribution >= 0.6 is 23.4 Å². The van der Waals surface area contributed by atoms with E-state index in [4.69, 9.17) is 16.3 Å². The number of halogens is 1. The number of rotatable bonds is 7. The van der Waals surface area contributed by atoms with Gasteiger partial charge in [0.05, 0.1) is 18.1 Å². The van der Waals surface area contributed by atoms with Gasteiger partial charge in [-0.3, -0.25) is 4.79 Å². The molecule has 2 rings (SSSR count). The van der Waals surface area contributed by atoms with Crippen LogP contribution < -0.4 is 10.2 Å². The molecule has 0 heterocycles. The summed E-state index contributed by atoms with van der Waals surface area (Å²) in [7, 11) is 0. The van der Waals surface area contributed by atoms with Gasteiger partial charge < -0.3 is 4.74 Å². The highest BCUT2D eigenvalue weighted by atomic mass is 35.5. The van der Waals surface area contributed by atoms with E-state index in [0.29, 0.717) is 17.4 Å². The van der Waals surface area contributed by atoms with Gasteiger partial charge in [0.1, 0.15) is 5.75 Å². The van der Waals surface area contributed by atoms with Crippen molar-refractivity contribution in [3.8, 4) is 5.75 Å². The van der Waals surface area contributed by atoms with E-state index in [1.807, 2.05) is 50.2 Å². The van der Waals surface area contributed by atoms with Gasteiger partial charge in [0.2, 0.25) is 5.91 Å². The minimum absolute atomic E-state index is 0.153. The van der Waals surface area contributed by atoms with Gasteiger partial charge in [-0.05, 0) is 67.9 Å². The fraction of sp³-hybridized carbons (Fsp3) is 0.222. The molecule has 0 spiro atoms. The number of carbonyl (C=O) groups is 1. The van der Waals surface area contributed by atoms with E-state index < -0.39 is 0 Å². The maximum atomic E-state index is 11.9. The maximum absolute atomic E-state index is 11.9. The second-order valence-corrected chi connectivity index (χ2v) is 6.42. The van der Waals surface area contributed by atoms with Gasteiger partial charge in [-0.1, -0.05) is 11.6 Å². The molecule has 6 heteroatoms. The van der Waals surface area contributed by atoms with Crippen molar-refractivity contribution in [2.75, 3.05) is 12.4 Å². The topological polar surface area (TPSA) is 50.7 Å². The number of hydrazone groups is 1. The van der Waals surface area contributed by atoms with Crippen molar-refractivity contribution in [3.63, 3.8) is 0 Å². The van der Waals surface area contributed by atoms with Crippen LogP contribution in [0.15, 0.2) is 58.5 Å². The van der Waals surface area contributed by atoms with Crippen molar-refractivity contribution in [3.05, 3.63) is 59.1 Å². The van der Waals surface area contributed by atoms with Crippen LogP contribution in [0.25, 0.3) is 0 Å². The van der Waals surface area contributed by atoms with Gasteiger partial charge in [0.15, 0.2) is 0 Å². The van der Waals surface area contributed by atoms with Gasteiger partial charge in [-0.25, -0.2) is 5.43 Å². The SMILES string of the molecule is CCOc1ccc(/C(C)=N\NC(=O)CSc2ccc(Cl)cc2)cc1. The van der Waals surface area contributed by atoms with Crippen molar-refractivity contribution < 1.29 is 9.53 Å². The number of nitrogens with one attached hydrogen (secondary N) is 1. The van der Waals surface area contributed by atoms with E-state index >= 15 is 0 Å². The molecule has 1 amide bonds. The van der Waals surface area contributed by atoms with Crippen molar-refractivity contribution in [2.24, 2.45) is 5.10 Å². The quantitative estimate of drug-likeness (QED) is 0.452. The standard InChI is InChI=1S/C18H19ClN2O2S/c1-3-23-16-8-4-14(5-9-16)13(2)20-21-18(22)12-24-17-10-6-15(19)7-11-17/h4-11H,3,12H2,1-2H3,(H,21,22)/b20-13-. The third-order valence-electron chi connectivity index (χ3n) is 3.11. The predicted octanol–water partition coefficient (Wildman–Crippen LogP) is 4.37. The number of hydrogen-bond donors (Lipinski definition) is 1. The molecule has 0 saturated heterocycles. The van der Waals surface area contributed by atoms with Gasteiger partial charge >= 0.3 is 0 Å². The number of amides is 1. The Kier molecular flexibility index (Phi) is 7.15. The van der Waals surface area contributed by atoms with Crippen LogP contribution in [-0.4, -0.2) is 24.0 Å². The molecule has 0 aromatic heterocycles. The van der Waals surface area contributed by atoms with Gasteiger partial charge in [-0.2, -0.15) is 5.10 Å². The van der Waals surface area contributed by atoms with E-state index in [1.165, 1.54) is 11.8 Å². The summed E-state index contributed by atoms with van der Waals surface area (Å²) in [6, 6.07) is 15.0. The first kappa shape index (κ1) is 18.4. The lowest BCUT2D eigenvalue weighted by Crippen LogP contribution is -2.21. The summed E-state index contributed by atoms with van der Waals surface area (Å²) in [5.41, 5.74) is 4.25. The van der Waals surface area contributed by atoms with Crippen molar-refractivity contribution in [1.82, 2.24) is 5.43 Å². The molecule has 2 aromatic rings. The van der Waals surface area contributed by atoms with E-state index in [9.17, 15) is 4.79 Å². The third-order valence-corrected chi connectivity index (χ3v) is 4.38. The summed E-state index contributed by atoms with van der Waals surface area (Å²) in [6.45, 7) is 4.42. The van der Waals surface area contributed by atoms with Crippen LogP contribution in [0.5, 0.6) is 5.75 Å². The minimum Gasteiger partial charge on any atom is -0.494 e. The van der Waals surface area contributed by atoms with Crippen LogP contribution in [0.2, 0.25) is 5.02 Å². The Bertz CT molecular complexity index is 700. The van der Waals surface area contributed by atoms with Gasteiger partial charge in [0.25, 0.3) is 0 Å². The fourth-order valence-electron chi connectivity index (χ4n) is 1.88. The smallest absolute Gasteiger partial charge is 0.250 e. The monoisotopic (exact) mass is 362 g/mol. The highest BCUT2D eigenvalue weighted by molar-refractivity contribution is 8.00. The second kappa shape index (κ2) is 9.35. The summed E-state index contributed by atoms with van der Waals surface area (Å²) < 4.78 is 5.40. The Morgan fingerprint density at radius 2 is 1.83 bits per heavy atom. The number of carbonyl (C=O) groups excluding carboxylic acids is 1. The van der Waals surface area contributed by atoms with E-state index in [-0.39, 0.29) is 5.91 Å². The Hall–Kier alpha value is -1.98. The molecule has 0 atom stereocenters. The Labute approximate surface area is 151 Å². The molecular weight excluding hydrogens is 344 g/mol. The number of thioether (sulfide) groups is 1. The molecule has 0 bridgehead atoms. The van der Waals surface area contributed by atoms with Crippen LogP contribution in [0.1, 0.15) is 19.4 Å². The highest BCUT2D eigenvalue weighted by Gasteiger charge is 2.03. The summed E-state index contributed by atoms with van der Waals surface area (Å²) in [5, 5.41) is 4.82. The Balaban J connectivity index is 1.84. The zero-order chi connectivity index (χ0) is 17.4. The predicted molar refractivity (Wildman–Crippen MR) is 100 cm³/mol. The maximum Gasteiger partial charge on any atom is 0.250 e. The second-order valence-electron chi connectivity index (χ2n) is 4.93. The molecule has 0 saturated carbocycles. The van der Waals surface area contributed by atoms with E-state index in [0.717, 1.165) is 21.9 Å². The van der Waals surface area contributed by atoms with Crippen molar-refractivity contribution in [2.45, 2.75) is 18.7 Å². The van der Waals surface area contributed by atoms with Crippen molar-refractivity contribution >= 4 is 35.0 Å². The Morgan fingerprint density at radius 3 is 2.46 bits per heavy atom. The molecule has 24 heavy (non-hydrogen) atoms. The molecule has 1 N–H and O–H groups in total. The first-order chi connectivity index (χ1) is 11.6. The zero-order valence-electron chi connectivity index (χ0n) is 13.6. The van der Waals surface area contributed by atoms with E-state index in [1.54, 1.807) is 12.1 Å². The Morgan fingerprint density at radius 1 is 1.17 bits per heavy atom. The lowest BCUT2D eigenvalue weighted by molar-refractivity contribution is -0.118. The molecule has 0 radical (unpaired) electrons. The number of hydrogen-bond acceptors (Lipinski definition) is 4. The summed E-state index contributed by atoms with van der Waals surface area (Å²) in [4.78, 5) is 12.9. The summed E-state index contributed by atoms with van der Waals surface area (Å²) in [5.74, 6) is 0.958. The molecule has 0 fully saturated rings. The van der Waals surface area contributed by atoms with E-state index in [2.05, 4.69) is 10.5 Å². The van der Waals surface area contributed by atoms with Gasteiger partial charge in [0, 0.05) is 9.92 Å². The highest BCUT2D eigenvalue weighted by Crippen LogP contribution is 2.20. The average Bonchev–Trinajstić information content (AvgIpc) is 2.60. The van der Waals surface area contributed by atoms with Crippen LogP contribution in [-0.2, 0) is 4.79 Å². The molecule has 4 nitrogen and oxygen atoms in total. The number of ether oxygens (including phenoxy) is 1. The summed E-state index contributed by atoms with van der Waals surface area (Å²) in [6.07, 6.45) is 0. The fourth-order valence-corrected chi connectivity index (χ4v) is 2.70. The molecule has 0 aliphatic heterocycles. The third kappa shape index (κ3) is 5.91. The molecular formula is C18H19ClN2O2S. The molecule has 2 aromatic carbocycles. The van der Waals surface area contributed by atoms with Gasteiger partial charge in [-0.15, -0.1) is 11.8 Å².